The molecule has 0 unspecified atom stereocenters. The molecule has 0 amide bonds. The van der Waals surface area contributed by atoms with Gasteiger partial charge in [0.2, 0.25) is 0 Å². The summed E-state index contributed by atoms with van der Waals surface area (Å²) in [5, 5.41) is 0. The van der Waals surface area contributed by atoms with Crippen molar-refractivity contribution in [1.82, 2.24) is 0 Å². The van der Waals surface area contributed by atoms with Crippen molar-refractivity contribution in [3.8, 4) is 0 Å². The molecule has 0 heterocycles. The van der Waals surface area contributed by atoms with Crippen molar-refractivity contribution in [1.29, 1.82) is 0 Å². The van der Waals surface area contributed by atoms with Gasteiger partial charge in [-0.2, -0.15) is 0 Å². The van der Waals surface area contributed by atoms with Crippen LogP contribution in [-0.2, 0) is 0 Å². The zero-order valence-electron chi connectivity index (χ0n) is 10.6. The molecule has 15 heavy (non-hydrogen) atoms. The van der Waals surface area contributed by atoms with E-state index in [4.69, 9.17) is 11.6 Å². The minimum absolute atomic E-state index is 0.845. The maximum atomic E-state index is 5.62. The van der Waals surface area contributed by atoms with Gasteiger partial charge in [-0.05, 0) is 6.42 Å². The molecule has 0 spiro atoms. The quantitative estimate of drug-likeness (QED) is 0.289. The molecule has 0 saturated carbocycles. The van der Waals surface area contributed by atoms with Gasteiger partial charge in [0.25, 0.3) is 0 Å². The Morgan fingerprint density at radius 2 is 0.867 bits per heavy atom. The molecular weight excluding hydrogens is 204 g/mol. The van der Waals surface area contributed by atoms with Crippen LogP contribution in [0.4, 0.5) is 0 Å². The molecule has 0 fully saturated rings. The summed E-state index contributed by atoms with van der Waals surface area (Å²) in [5.74, 6) is 0.845. The second kappa shape index (κ2) is 14.3. The number of alkyl halides is 1. The Balaban J connectivity index is 2.81. The van der Waals surface area contributed by atoms with Gasteiger partial charge in [0, 0.05) is 5.88 Å². The van der Waals surface area contributed by atoms with E-state index in [-0.39, 0.29) is 0 Å². The number of halogens is 1. The summed E-state index contributed by atoms with van der Waals surface area (Å²) in [7, 11) is 0. The Bertz CT molecular complexity index is 89.5. The molecule has 0 rings (SSSR count). The zero-order chi connectivity index (χ0) is 11.2. The molecule has 0 aliphatic carbocycles. The summed E-state index contributed by atoms with van der Waals surface area (Å²) in [4.78, 5) is 0. The van der Waals surface area contributed by atoms with Gasteiger partial charge < -0.3 is 0 Å². The molecule has 0 aliphatic rings. The van der Waals surface area contributed by atoms with Crippen molar-refractivity contribution >= 4 is 11.6 Å². The van der Waals surface area contributed by atoms with Crippen molar-refractivity contribution in [2.75, 3.05) is 5.88 Å². The van der Waals surface area contributed by atoms with Crippen molar-refractivity contribution in [3.05, 3.63) is 0 Å². The van der Waals surface area contributed by atoms with E-state index in [0.717, 1.165) is 5.88 Å². The first-order chi connectivity index (χ1) is 7.41. The standard InChI is InChI=1S/C14H29Cl/c1-2-3-4-5-6-7-8-9-10-11-12-13-14-15/h2-14H2,1H3. The van der Waals surface area contributed by atoms with Crippen molar-refractivity contribution < 1.29 is 0 Å². The van der Waals surface area contributed by atoms with Gasteiger partial charge in [-0.25, -0.2) is 0 Å². The molecule has 0 N–H and O–H groups in total. The van der Waals surface area contributed by atoms with Crippen molar-refractivity contribution in [2.24, 2.45) is 0 Å². The first-order valence-corrected chi connectivity index (χ1v) is 7.51. The van der Waals surface area contributed by atoms with E-state index in [2.05, 4.69) is 6.92 Å². The van der Waals surface area contributed by atoms with Gasteiger partial charge in [0.15, 0.2) is 0 Å². The fourth-order valence-corrected chi connectivity index (χ4v) is 2.12. The third-order valence-electron chi connectivity index (χ3n) is 2.99. The fraction of sp³-hybridized carbons (Fsp3) is 1.00. The minimum atomic E-state index is 0.845. The molecule has 0 radical (unpaired) electrons. The van der Waals surface area contributed by atoms with E-state index in [1.165, 1.54) is 77.0 Å². The molecule has 0 aromatic rings. The van der Waals surface area contributed by atoms with Gasteiger partial charge in [-0.3, -0.25) is 0 Å². The molecule has 0 atom stereocenters. The van der Waals surface area contributed by atoms with Crippen LogP contribution in [0.2, 0.25) is 0 Å². The van der Waals surface area contributed by atoms with E-state index in [9.17, 15) is 0 Å². The third kappa shape index (κ3) is 14.3. The Hall–Kier alpha value is 0.290. The molecule has 0 aliphatic heterocycles. The summed E-state index contributed by atoms with van der Waals surface area (Å²) >= 11 is 5.62. The minimum Gasteiger partial charge on any atom is -0.127 e. The largest absolute Gasteiger partial charge is 0.127 e. The predicted octanol–water partition coefficient (Wildman–Crippen LogP) is 5.93. The molecule has 0 bridgehead atoms. The molecule has 0 saturated heterocycles. The molecular formula is C14H29Cl. The maximum absolute atomic E-state index is 5.62. The lowest BCUT2D eigenvalue weighted by Crippen LogP contribution is -1.82. The van der Waals surface area contributed by atoms with Crippen molar-refractivity contribution in [2.45, 2.75) is 84.0 Å². The Labute approximate surface area is 102 Å². The Kier molecular flexibility index (Phi) is 14.6. The fourth-order valence-electron chi connectivity index (χ4n) is 1.94. The molecule has 1 heteroatoms. The highest BCUT2D eigenvalue weighted by atomic mass is 35.5. The monoisotopic (exact) mass is 232 g/mol. The maximum Gasteiger partial charge on any atom is 0.0223 e. The van der Waals surface area contributed by atoms with Crippen LogP contribution in [0.25, 0.3) is 0 Å². The number of rotatable bonds is 12. The van der Waals surface area contributed by atoms with E-state index in [1.54, 1.807) is 0 Å². The molecule has 0 aromatic heterocycles. The molecule has 0 aromatic carbocycles. The summed E-state index contributed by atoms with van der Waals surface area (Å²) in [6.07, 6.45) is 16.9. The van der Waals surface area contributed by atoms with Gasteiger partial charge in [0.05, 0.1) is 0 Å². The van der Waals surface area contributed by atoms with Gasteiger partial charge >= 0.3 is 0 Å². The normalized spacial score (nSPS) is 10.8. The summed E-state index contributed by atoms with van der Waals surface area (Å²) < 4.78 is 0. The van der Waals surface area contributed by atoms with Crippen LogP contribution in [0.1, 0.15) is 84.0 Å². The first kappa shape index (κ1) is 15.3. The second-order valence-corrected chi connectivity index (χ2v) is 4.96. The van der Waals surface area contributed by atoms with Gasteiger partial charge in [-0.1, -0.05) is 77.6 Å². The average molecular weight is 233 g/mol. The summed E-state index contributed by atoms with van der Waals surface area (Å²) in [6.45, 7) is 2.28. The lowest BCUT2D eigenvalue weighted by Gasteiger charge is -2.01. The highest BCUT2D eigenvalue weighted by Gasteiger charge is 1.92. The number of hydrogen-bond donors (Lipinski definition) is 0. The van der Waals surface area contributed by atoms with E-state index in [1.807, 2.05) is 0 Å². The third-order valence-corrected chi connectivity index (χ3v) is 3.25. The smallest absolute Gasteiger partial charge is 0.0223 e. The van der Waals surface area contributed by atoms with Crippen LogP contribution in [0.15, 0.2) is 0 Å². The van der Waals surface area contributed by atoms with Crippen LogP contribution in [-0.4, -0.2) is 5.88 Å². The van der Waals surface area contributed by atoms with Crippen LogP contribution in [0.3, 0.4) is 0 Å². The van der Waals surface area contributed by atoms with E-state index < -0.39 is 0 Å². The van der Waals surface area contributed by atoms with Crippen LogP contribution < -0.4 is 0 Å². The van der Waals surface area contributed by atoms with Crippen molar-refractivity contribution in [3.63, 3.8) is 0 Å². The number of hydrogen-bond acceptors (Lipinski definition) is 0. The lowest BCUT2D eigenvalue weighted by molar-refractivity contribution is 0.548. The van der Waals surface area contributed by atoms with Gasteiger partial charge in [0.1, 0.15) is 0 Å². The topological polar surface area (TPSA) is 0 Å². The average Bonchev–Trinajstić information content (AvgIpc) is 2.26. The second-order valence-electron chi connectivity index (χ2n) is 4.58. The summed E-state index contributed by atoms with van der Waals surface area (Å²) in [5.41, 5.74) is 0. The Morgan fingerprint density at radius 1 is 0.533 bits per heavy atom. The highest BCUT2D eigenvalue weighted by Crippen LogP contribution is 2.11. The highest BCUT2D eigenvalue weighted by molar-refractivity contribution is 6.17. The molecule has 92 valence electrons. The number of unbranched alkanes of at least 4 members (excludes halogenated alkanes) is 11. The van der Waals surface area contributed by atoms with Crippen LogP contribution >= 0.6 is 11.6 Å². The van der Waals surface area contributed by atoms with E-state index >= 15 is 0 Å². The SMILES string of the molecule is CCCCCCCCCCCCCCCl. The predicted molar refractivity (Wildman–Crippen MR) is 71.8 cm³/mol. The van der Waals surface area contributed by atoms with Crippen LogP contribution in [0, 0.1) is 0 Å². The molecule has 0 nitrogen and oxygen atoms in total. The zero-order valence-corrected chi connectivity index (χ0v) is 11.3. The summed E-state index contributed by atoms with van der Waals surface area (Å²) in [6, 6.07) is 0. The van der Waals surface area contributed by atoms with Crippen LogP contribution in [0.5, 0.6) is 0 Å². The Morgan fingerprint density at radius 3 is 1.20 bits per heavy atom. The van der Waals surface area contributed by atoms with Gasteiger partial charge in [-0.15, -0.1) is 11.6 Å². The van der Waals surface area contributed by atoms with E-state index in [0.29, 0.717) is 0 Å². The lowest BCUT2D eigenvalue weighted by atomic mass is 10.1. The first-order valence-electron chi connectivity index (χ1n) is 6.97.